The quantitative estimate of drug-likeness (QED) is 0.447. The summed E-state index contributed by atoms with van der Waals surface area (Å²) >= 11 is 7.27. The van der Waals surface area contributed by atoms with E-state index in [0.717, 1.165) is 21.5 Å². The number of aryl methyl sites for hydroxylation is 1. The minimum absolute atomic E-state index is 0.367. The van der Waals surface area contributed by atoms with Gasteiger partial charge in [0.1, 0.15) is 10.5 Å². The average Bonchev–Trinajstić information content (AvgIpc) is 3.41. The number of aromatic nitrogens is 3. The summed E-state index contributed by atoms with van der Waals surface area (Å²) in [6, 6.07) is 12.7. The predicted octanol–water partition coefficient (Wildman–Crippen LogP) is 3.51. The summed E-state index contributed by atoms with van der Waals surface area (Å²) in [5.41, 5.74) is 7.11. The normalized spacial score (nSPS) is 10.9. The first-order chi connectivity index (χ1) is 13.5. The van der Waals surface area contributed by atoms with E-state index in [9.17, 15) is 9.59 Å². The molecule has 0 saturated heterocycles. The molecule has 0 aliphatic heterocycles. The van der Waals surface area contributed by atoms with Crippen molar-refractivity contribution < 1.29 is 9.59 Å². The molecule has 2 amide bonds. The number of H-pyrrole nitrogens is 1. The molecule has 0 spiro atoms. The zero-order chi connectivity index (χ0) is 19.7. The number of hydrazine groups is 1. The Morgan fingerprint density at radius 3 is 2.64 bits per heavy atom. The van der Waals surface area contributed by atoms with Crippen LogP contribution in [0.5, 0.6) is 0 Å². The number of hydrogen-bond acceptors (Lipinski definition) is 4. The standard InChI is InChI=1S/C19H16ClN5O2S/c1-11-14-9-16(18(27)23-22-17(26)15-3-2-8-21-15)28-19(14)25(24-11)10-12-4-6-13(20)7-5-12/h2-9,21H,10H2,1H3,(H,22,26)(H,23,27). The van der Waals surface area contributed by atoms with E-state index in [1.54, 1.807) is 24.4 Å². The molecule has 4 rings (SSSR count). The minimum Gasteiger partial charge on any atom is -0.357 e. The Bertz CT molecular complexity index is 1150. The van der Waals surface area contributed by atoms with E-state index >= 15 is 0 Å². The van der Waals surface area contributed by atoms with Crippen molar-refractivity contribution in [2.24, 2.45) is 0 Å². The van der Waals surface area contributed by atoms with Gasteiger partial charge in [0.15, 0.2) is 0 Å². The summed E-state index contributed by atoms with van der Waals surface area (Å²) in [6.07, 6.45) is 1.64. The van der Waals surface area contributed by atoms with Gasteiger partial charge in [0.05, 0.1) is 17.1 Å². The lowest BCUT2D eigenvalue weighted by Crippen LogP contribution is -2.41. The second-order valence-electron chi connectivity index (χ2n) is 6.19. The molecular formula is C19H16ClN5O2S. The molecular weight excluding hydrogens is 398 g/mol. The van der Waals surface area contributed by atoms with Crippen LogP contribution in [0.2, 0.25) is 5.02 Å². The monoisotopic (exact) mass is 413 g/mol. The molecule has 0 atom stereocenters. The number of halogens is 1. The maximum absolute atomic E-state index is 12.4. The van der Waals surface area contributed by atoms with Crippen LogP contribution < -0.4 is 10.9 Å². The molecule has 1 aromatic carbocycles. The molecule has 0 saturated carbocycles. The summed E-state index contributed by atoms with van der Waals surface area (Å²) in [5.74, 6) is -0.789. The van der Waals surface area contributed by atoms with E-state index in [0.29, 0.717) is 22.1 Å². The van der Waals surface area contributed by atoms with Gasteiger partial charge in [-0.05, 0) is 42.8 Å². The van der Waals surface area contributed by atoms with Crippen LogP contribution in [0.25, 0.3) is 10.2 Å². The molecule has 9 heteroatoms. The van der Waals surface area contributed by atoms with Crippen molar-refractivity contribution in [2.75, 3.05) is 0 Å². The van der Waals surface area contributed by atoms with Crippen LogP contribution in [0.1, 0.15) is 31.4 Å². The van der Waals surface area contributed by atoms with Gasteiger partial charge in [0.25, 0.3) is 11.8 Å². The third kappa shape index (κ3) is 3.64. The van der Waals surface area contributed by atoms with Crippen LogP contribution in [0.4, 0.5) is 0 Å². The summed E-state index contributed by atoms with van der Waals surface area (Å²) in [7, 11) is 0. The van der Waals surface area contributed by atoms with Crippen LogP contribution in [0.15, 0.2) is 48.7 Å². The maximum atomic E-state index is 12.4. The summed E-state index contributed by atoms with van der Waals surface area (Å²) in [5, 5.41) is 6.16. The molecule has 0 aliphatic carbocycles. The number of fused-ring (bicyclic) bond motifs is 1. The van der Waals surface area contributed by atoms with Crippen LogP contribution in [-0.4, -0.2) is 26.6 Å². The van der Waals surface area contributed by atoms with Gasteiger partial charge in [-0.3, -0.25) is 25.1 Å². The third-order valence-corrected chi connectivity index (χ3v) is 5.61. The average molecular weight is 414 g/mol. The summed E-state index contributed by atoms with van der Waals surface area (Å²) < 4.78 is 1.87. The number of nitrogens with zero attached hydrogens (tertiary/aromatic N) is 2. The first kappa shape index (κ1) is 18.3. The lowest BCUT2D eigenvalue weighted by atomic mass is 10.2. The highest BCUT2D eigenvalue weighted by Gasteiger charge is 2.17. The second kappa shape index (κ2) is 7.49. The van der Waals surface area contributed by atoms with Gasteiger partial charge < -0.3 is 4.98 Å². The molecule has 0 radical (unpaired) electrons. The molecule has 142 valence electrons. The SMILES string of the molecule is Cc1nn(Cc2ccc(Cl)cc2)c2sc(C(=O)NNC(=O)c3ccc[nH]3)cc12. The van der Waals surface area contributed by atoms with Gasteiger partial charge in [-0.1, -0.05) is 23.7 Å². The number of benzene rings is 1. The van der Waals surface area contributed by atoms with Crippen molar-refractivity contribution in [2.45, 2.75) is 13.5 Å². The Kier molecular flexibility index (Phi) is 4.89. The lowest BCUT2D eigenvalue weighted by Gasteiger charge is -2.05. The van der Waals surface area contributed by atoms with Gasteiger partial charge >= 0.3 is 0 Å². The Hall–Kier alpha value is -3.10. The molecule has 0 bridgehead atoms. The van der Waals surface area contributed by atoms with Gasteiger partial charge in [0, 0.05) is 16.6 Å². The van der Waals surface area contributed by atoms with E-state index in [4.69, 9.17) is 11.6 Å². The first-order valence-electron chi connectivity index (χ1n) is 8.47. The Balaban J connectivity index is 1.51. The van der Waals surface area contributed by atoms with E-state index < -0.39 is 5.91 Å². The molecule has 0 aliphatic rings. The largest absolute Gasteiger partial charge is 0.357 e. The number of hydrogen-bond donors (Lipinski definition) is 3. The molecule has 3 heterocycles. The van der Waals surface area contributed by atoms with E-state index in [-0.39, 0.29) is 5.91 Å². The van der Waals surface area contributed by atoms with Crippen LogP contribution >= 0.6 is 22.9 Å². The minimum atomic E-state index is -0.412. The van der Waals surface area contributed by atoms with Crippen LogP contribution in [0.3, 0.4) is 0 Å². The van der Waals surface area contributed by atoms with Gasteiger partial charge in [-0.15, -0.1) is 11.3 Å². The maximum Gasteiger partial charge on any atom is 0.286 e. The number of carbonyl (C=O) groups is 2. The summed E-state index contributed by atoms with van der Waals surface area (Å²) in [4.78, 5) is 28.5. The van der Waals surface area contributed by atoms with Gasteiger partial charge in [-0.25, -0.2) is 0 Å². The van der Waals surface area contributed by atoms with Crippen molar-refractivity contribution in [1.82, 2.24) is 25.6 Å². The summed E-state index contributed by atoms with van der Waals surface area (Å²) in [6.45, 7) is 2.48. The fourth-order valence-corrected chi connectivity index (χ4v) is 3.99. The molecule has 3 aromatic heterocycles. The number of rotatable bonds is 4. The van der Waals surface area contributed by atoms with Crippen molar-refractivity contribution in [1.29, 1.82) is 0 Å². The zero-order valence-electron chi connectivity index (χ0n) is 14.8. The third-order valence-electron chi connectivity index (χ3n) is 4.21. The lowest BCUT2D eigenvalue weighted by molar-refractivity contribution is 0.0846. The molecule has 28 heavy (non-hydrogen) atoms. The molecule has 4 aromatic rings. The second-order valence-corrected chi connectivity index (χ2v) is 7.66. The topological polar surface area (TPSA) is 91.8 Å². The highest BCUT2D eigenvalue weighted by Crippen LogP contribution is 2.29. The van der Waals surface area contributed by atoms with E-state index in [1.165, 1.54) is 11.3 Å². The Morgan fingerprint density at radius 1 is 1.18 bits per heavy atom. The smallest absolute Gasteiger partial charge is 0.286 e. The number of aromatic amines is 1. The van der Waals surface area contributed by atoms with E-state index in [2.05, 4.69) is 20.9 Å². The number of carbonyl (C=O) groups excluding carboxylic acids is 2. The fourth-order valence-electron chi connectivity index (χ4n) is 2.81. The first-order valence-corrected chi connectivity index (χ1v) is 9.66. The highest BCUT2D eigenvalue weighted by molar-refractivity contribution is 7.20. The van der Waals surface area contributed by atoms with E-state index in [1.807, 2.05) is 35.9 Å². The highest BCUT2D eigenvalue weighted by atomic mass is 35.5. The number of thiophene rings is 1. The molecule has 0 unspecified atom stereocenters. The van der Waals surface area contributed by atoms with Crippen LogP contribution in [0, 0.1) is 6.92 Å². The Morgan fingerprint density at radius 2 is 1.93 bits per heavy atom. The predicted molar refractivity (Wildman–Crippen MR) is 109 cm³/mol. The zero-order valence-corrected chi connectivity index (χ0v) is 16.4. The molecule has 0 fully saturated rings. The number of amides is 2. The van der Waals surface area contributed by atoms with Crippen molar-refractivity contribution in [3.8, 4) is 0 Å². The van der Waals surface area contributed by atoms with Crippen molar-refractivity contribution in [3.63, 3.8) is 0 Å². The van der Waals surface area contributed by atoms with Crippen LogP contribution in [-0.2, 0) is 6.54 Å². The number of nitrogens with one attached hydrogen (secondary N) is 3. The van der Waals surface area contributed by atoms with Crippen molar-refractivity contribution in [3.05, 3.63) is 75.5 Å². The van der Waals surface area contributed by atoms with Crippen molar-refractivity contribution >= 4 is 45.0 Å². The fraction of sp³-hybridized carbons (Fsp3) is 0.105. The Labute approximate surface area is 169 Å². The molecule has 7 nitrogen and oxygen atoms in total. The molecule has 3 N–H and O–H groups in total. The van der Waals surface area contributed by atoms with Gasteiger partial charge in [0.2, 0.25) is 0 Å². The van der Waals surface area contributed by atoms with Gasteiger partial charge in [-0.2, -0.15) is 5.10 Å².